The normalized spacial score (nSPS) is 13.6. The van der Waals surface area contributed by atoms with Crippen LogP contribution in [0.1, 0.15) is 124 Å². The molecule has 0 aromatic heterocycles. The van der Waals surface area contributed by atoms with Crippen molar-refractivity contribution in [2.75, 3.05) is 6.54 Å². The smallest absolute Gasteiger partial charge is 0.316 e. The number of amides is 4. The Hall–Kier alpha value is -1.72. The van der Waals surface area contributed by atoms with Crippen LogP contribution in [0.15, 0.2) is 11.6 Å². The van der Waals surface area contributed by atoms with Crippen molar-refractivity contribution in [3.63, 3.8) is 0 Å². The van der Waals surface area contributed by atoms with Crippen molar-refractivity contribution >= 4 is 12.1 Å². The van der Waals surface area contributed by atoms with Gasteiger partial charge in [0, 0.05) is 6.54 Å². The Morgan fingerprint density at radius 1 is 0.806 bits per heavy atom. The second-order valence-electron chi connectivity index (χ2n) is 8.69. The molecular weight excluding hydrogens is 388 g/mol. The first-order valence-corrected chi connectivity index (χ1v) is 12.7. The average Bonchev–Trinajstić information content (AvgIpc) is 2.72. The third-order valence-electron chi connectivity index (χ3n) is 5.96. The van der Waals surface area contributed by atoms with E-state index in [9.17, 15) is 9.59 Å². The van der Waals surface area contributed by atoms with Gasteiger partial charge in [-0.15, -0.1) is 0 Å². The summed E-state index contributed by atoms with van der Waals surface area (Å²) in [5.41, 5.74) is 11.8. The van der Waals surface area contributed by atoms with E-state index in [1.54, 1.807) is 4.90 Å². The summed E-state index contributed by atoms with van der Waals surface area (Å²) in [6, 6.07) is -1.09. The number of unbranched alkanes of at least 4 members (excludes halogenated alkanes) is 9. The fourth-order valence-corrected chi connectivity index (χ4v) is 4.24. The van der Waals surface area contributed by atoms with Crippen molar-refractivity contribution in [1.82, 2.24) is 10.2 Å². The number of nitrogens with zero attached hydrogens (tertiary/aromatic N) is 1. The molecule has 0 rings (SSSR count). The second kappa shape index (κ2) is 17.9. The van der Waals surface area contributed by atoms with Gasteiger partial charge in [0.2, 0.25) is 0 Å². The van der Waals surface area contributed by atoms with E-state index in [0.29, 0.717) is 13.0 Å². The Labute approximate surface area is 191 Å². The van der Waals surface area contributed by atoms with Crippen molar-refractivity contribution < 1.29 is 9.59 Å². The highest BCUT2D eigenvalue weighted by Gasteiger charge is 2.42. The lowest BCUT2D eigenvalue weighted by molar-refractivity contribution is 0.107. The summed E-state index contributed by atoms with van der Waals surface area (Å²) >= 11 is 0. The minimum Gasteiger partial charge on any atom is -0.352 e. The number of hydrogen-bond donors (Lipinski definition) is 3. The van der Waals surface area contributed by atoms with Crippen LogP contribution in [-0.4, -0.2) is 29.2 Å². The third-order valence-corrected chi connectivity index (χ3v) is 5.96. The molecule has 5 N–H and O–H groups in total. The molecule has 6 nitrogen and oxygen atoms in total. The summed E-state index contributed by atoms with van der Waals surface area (Å²) in [6.07, 6.45) is 17.2. The molecule has 0 bridgehead atoms. The Bertz CT molecular complexity index is 522. The Kier molecular flexibility index (Phi) is 16.9. The highest BCUT2D eigenvalue weighted by atomic mass is 16.2. The van der Waals surface area contributed by atoms with Gasteiger partial charge < -0.3 is 16.8 Å². The first-order chi connectivity index (χ1) is 14.9. The number of hydrogen-bond acceptors (Lipinski definition) is 2. The molecule has 0 spiro atoms. The molecule has 0 aliphatic rings. The highest BCUT2D eigenvalue weighted by molar-refractivity contribution is 5.77. The van der Waals surface area contributed by atoms with Gasteiger partial charge in [0.05, 0.1) is 0 Å². The van der Waals surface area contributed by atoms with Crippen molar-refractivity contribution in [3.05, 3.63) is 11.6 Å². The molecule has 0 aromatic carbocycles. The van der Waals surface area contributed by atoms with Crippen molar-refractivity contribution in [3.8, 4) is 0 Å². The molecular formula is C25H50N4O2. The predicted octanol–water partition coefficient (Wildman–Crippen LogP) is 6.59. The van der Waals surface area contributed by atoms with E-state index in [0.717, 1.165) is 89.0 Å². The zero-order valence-corrected chi connectivity index (χ0v) is 20.8. The Balaban J connectivity index is 6.26. The van der Waals surface area contributed by atoms with E-state index in [1.165, 1.54) is 6.42 Å². The van der Waals surface area contributed by atoms with Gasteiger partial charge in [0.1, 0.15) is 5.66 Å². The zero-order valence-electron chi connectivity index (χ0n) is 20.8. The highest BCUT2D eigenvalue weighted by Crippen LogP contribution is 2.33. The van der Waals surface area contributed by atoms with Crippen LogP contribution in [0.25, 0.3) is 0 Å². The largest absolute Gasteiger partial charge is 0.352 e. The fourth-order valence-electron chi connectivity index (χ4n) is 4.24. The number of nitrogens with two attached hydrogens (primary N) is 2. The van der Waals surface area contributed by atoms with Crippen molar-refractivity contribution in [2.24, 2.45) is 11.5 Å². The first kappa shape index (κ1) is 29.3. The van der Waals surface area contributed by atoms with Crippen LogP contribution in [0, 0.1) is 0 Å². The van der Waals surface area contributed by atoms with Crippen molar-refractivity contribution in [1.29, 1.82) is 0 Å². The first-order valence-electron chi connectivity index (χ1n) is 12.7. The van der Waals surface area contributed by atoms with Crippen LogP contribution < -0.4 is 16.8 Å². The molecule has 0 fully saturated rings. The lowest BCUT2D eigenvalue weighted by atomic mass is 9.86. The van der Waals surface area contributed by atoms with E-state index in [2.05, 4.69) is 39.1 Å². The lowest BCUT2D eigenvalue weighted by Gasteiger charge is -2.45. The van der Waals surface area contributed by atoms with Crippen LogP contribution >= 0.6 is 0 Å². The average molecular weight is 439 g/mol. The fraction of sp³-hybridized carbons (Fsp3) is 0.840. The van der Waals surface area contributed by atoms with Gasteiger partial charge in [-0.2, -0.15) is 0 Å². The maximum atomic E-state index is 12.7. The molecule has 4 amide bonds. The van der Waals surface area contributed by atoms with Crippen molar-refractivity contribution in [2.45, 2.75) is 130 Å². The lowest BCUT2D eigenvalue weighted by Crippen LogP contribution is -2.65. The van der Waals surface area contributed by atoms with Gasteiger partial charge >= 0.3 is 12.1 Å². The van der Waals surface area contributed by atoms with E-state index >= 15 is 0 Å². The molecule has 1 unspecified atom stereocenters. The topological polar surface area (TPSA) is 101 Å². The van der Waals surface area contributed by atoms with E-state index in [4.69, 9.17) is 11.5 Å². The van der Waals surface area contributed by atoms with Gasteiger partial charge in [-0.25, -0.2) is 9.59 Å². The summed E-state index contributed by atoms with van der Waals surface area (Å²) in [5.74, 6) is 0. The summed E-state index contributed by atoms with van der Waals surface area (Å²) in [6.45, 7) is 9.18. The molecule has 31 heavy (non-hydrogen) atoms. The van der Waals surface area contributed by atoms with Crippen LogP contribution in [-0.2, 0) is 0 Å². The molecule has 1 atom stereocenters. The van der Waals surface area contributed by atoms with Gasteiger partial charge in [0.15, 0.2) is 0 Å². The summed E-state index contributed by atoms with van der Waals surface area (Å²) < 4.78 is 0. The minimum absolute atomic E-state index is 0.490. The van der Waals surface area contributed by atoms with Crippen LogP contribution in [0.2, 0.25) is 0 Å². The Morgan fingerprint density at radius 2 is 1.35 bits per heavy atom. The van der Waals surface area contributed by atoms with E-state index < -0.39 is 17.7 Å². The van der Waals surface area contributed by atoms with Crippen LogP contribution in [0.3, 0.4) is 0 Å². The van der Waals surface area contributed by atoms with E-state index in [1.807, 2.05) is 0 Å². The minimum atomic E-state index is -0.930. The summed E-state index contributed by atoms with van der Waals surface area (Å²) in [7, 11) is 0. The maximum Gasteiger partial charge on any atom is 0.316 e. The molecule has 0 heterocycles. The number of rotatable bonds is 19. The van der Waals surface area contributed by atoms with Gasteiger partial charge in [-0.3, -0.25) is 4.90 Å². The molecule has 0 aliphatic heterocycles. The van der Waals surface area contributed by atoms with Gasteiger partial charge in [0.25, 0.3) is 0 Å². The Morgan fingerprint density at radius 3 is 1.90 bits per heavy atom. The number of primary amides is 2. The van der Waals surface area contributed by atoms with E-state index in [-0.39, 0.29) is 0 Å². The molecule has 0 aliphatic carbocycles. The zero-order chi connectivity index (χ0) is 23.5. The molecule has 0 saturated heterocycles. The van der Waals surface area contributed by atoms with Crippen LogP contribution in [0.5, 0.6) is 0 Å². The third kappa shape index (κ3) is 11.5. The number of allylic oxidation sites excluding steroid dienone is 1. The second-order valence-corrected chi connectivity index (χ2v) is 8.69. The summed E-state index contributed by atoms with van der Waals surface area (Å²) in [4.78, 5) is 26.6. The van der Waals surface area contributed by atoms with Gasteiger partial charge in [-0.05, 0) is 50.5 Å². The maximum absolute atomic E-state index is 12.7. The van der Waals surface area contributed by atoms with Gasteiger partial charge in [-0.1, -0.05) is 85.1 Å². The standard InChI is InChI=1S/C25H50N4O2/c1-5-9-13-15-19-22(18-14-10-6-2)25(28-23(26)30,20-16-11-7-3)29(24(27)31)21-17-12-8-4/h19H,5-18,20-21H2,1-4H3,(H2,27,31)(H3,26,28,30). The molecule has 0 radical (unpaired) electrons. The molecule has 0 aromatic rings. The molecule has 6 heteroatoms. The van der Waals surface area contributed by atoms with Crippen LogP contribution in [0.4, 0.5) is 9.59 Å². The molecule has 182 valence electrons. The predicted molar refractivity (Wildman–Crippen MR) is 132 cm³/mol. The number of urea groups is 2. The quantitative estimate of drug-likeness (QED) is 0.120. The monoisotopic (exact) mass is 438 g/mol. The number of carbonyl (C=O) groups excluding carboxylic acids is 2. The number of carbonyl (C=O) groups is 2. The summed E-state index contributed by atoms with van der Waals surface area (Å²) in [5, 5.41) is 3.02. The molecule has 0 saturated carbocycles. The number of nitrogens with one attached hydrogen (secondary N) is 1. The SMILES string of the molecule is CCCCCC=C(CCCCC)C(CCCCC)(NC(N)=O)N(CCCCC)C(N)=O.